The smallest absolute Gasteiger partial charge is 0.325 e. The molecule has 0 bridgehead atoms. The van der Waals surface area contributed by atoms with Crippen molar-refractivity contribution in [2.75, 3.05) is 26.2 Å². The molecule has 7 heteroatoms. The highest BCUT2D eigenvalue weighted by Crippen LogP contribution is 2.33. The summed E-state index contributed by atoms with van der Waals surface area (Å²) in [5.41, 5.74) is 0.475. The van der Waals surface area contributed by atoms with E-state index in [0.29, 0.717) is 19.4 Å². The largest absolute Gasteiger partial charge is 0.340 e. The monoisotopic (exact) mass is 440 g/mol. The third kappa shape index (κ3) is 4.40. The molecule has 3 fully saturated rings. The van der Waals surface area contributed by atoms with Crippen LogP contribution in [0.3, 0.4) is 0 Å². The lowest BCUT2D eigenvalue weighted by atomic mass is 9.86. The Hall–Kier alpha value is -2.41. The highest BCUT2D eigenvalue weighted by Gasteiger charge is 2.54. The summed E-state index contributed by atoms with van der Waals surface area (Å²) < 4.78 is 0. The normalized spacial score (nSPS) is 23.8. The maximum atomic E-state index is 13.5. The zero-order valence-corrected chi connectivity index (χ0v) is 19.4. The van der Waals surface area contributed by atoms with Crippen LogP contribution in [-0.4, -0.2) is 70.3 Å². The minimum absolute atomic E-state index is 0.0251. The van der Waals surface area contributed by atoms with Crippen LogP contribution in [0.5, 0.6) is 0 Å². The van der Waals surface area contributed by atoms with Crippen molar-refractivity contribution >= 4 is 17.8 Å². The van der Waals surface area contributed by atoms with Crippen molar-refractivity contribution in [2.45, 2.75) is 70.5 Å². The molecule has 3 aliphatic heterocycles. The third-order valence-corrected chi connectivity index (χ3v) is 7.56. The molecule has 1 atom stereocenters. The Morgan fingerprint density at radius 1 is 1.09 bits per heavy atom. The summed E-state index contributed by atoms with van der Waals surface area (Å²) in [6.07, 6.45) is 4.49. The molecule has 0 unspecified atom stereocenters. The number of hydrogen-bond acceptors (Lipinski definition) is 4. The number of rotatable bonds is 6. The van der Waals surface area contributed by atoms with E-state index in [0.717, 1.165) is 51.9 Å². The average Bonchev–Trinajstić information content (AvgIpc) is 3.06. The van der Waals surface area contributed by atoms with Crippen molar-refractivity contribution < 1.29 is 14.4 Å². The molecular formula is C25H36N4O3. The van der Waals surface area contributed by atoms with Crippen molar-refractivity contribution in [2.24, 2.45) is 5.92 Å². The topological polar surface area (TPSA) is 73.0 Å². The zero-order chi connectivity index (χ0) is 22.7. The molecule has 4 rings (SSSR count). The van der Waals surface area contributed by atoms with Gasteiger partial charge < -0.3 is 10.2 Å². The van der Waals surface area contributed by atoms with Crippen LogP contribution >= 0.6 is 0 Å². The average molecular weight is 441 g/mol. The Balaban J connectivity index is 1.39. The van der Waals surface area contributed by atoms with Gasteiger partial charge in [0.25, 0.3) is 5.91 Å². The molecule has 1 aromatic carbocycles. The lowest BCUT2D eigenvalue weighted by molar-refractivity contribution is -0.141. The van der Waals surface area contributed by atoms with Gasteiger partial charge in [0, 0.05) is 38.6 Å². The van der Waals surface area contributed by atoms with Crippen LogP contribution in [0.25, 0.3) is 0 Å². The predicted molar refractivity (Wildman–Crippen MR) is 123 cm³/mol. The Morgan fingerprint density at radius 3 is 2.44 bits per heavy atom. The van der Waals surface area contributed by atoms with Gasteiger partial charge in [-0.1, -0.05) is 44.2 Å². The van der Waals surface area contributed by atoms with Gasteiger partial charge in [0.15, 0.2) is 0 Å². The predicted octanol–water partition coefficient (Wildman–Crippen LogP) is 3.00. The van der Waals surface area contributed by atoms with E-state index in [-0.39, 0.29) is 29.8 Å². The summed E-state index contributed by atoms with van der Waals surface area (Å²) >= 11 is 0. The van der Waals surface area contributed by atoms with Crippen LogP contribution in [0.4, 0.5) is 4.79 Å². The van der Waals surface area contributed by atoms with E-state index in [1.807, 2.05) is 36.9 Å². The van der Waals surface area contributed by atoms with E-state index in [1.165, 1.54) is 10.5 Å². The van der Waals surface area contributed by atoms with Gasteiger partial charge in [0.2, 0.25) is 5.91 Å². The molecule has 174 valence electrons. The molecule has 0 radical (unpaired) electrons. The number of hydrogen-bond donors (Lipinski definition) is 1. The van der Waals surface area contributed by atoms with Crippen LogP contribution < -0.4 is 5.32 Å². The van der Waals surface area contributed by atoms with Gasteiger partial charge >= 0.3 is 6.03 Å². The number of urea groups is 1. The number of imide groups is 1. The molecule has 1 spiro atoms. The summed E-state index contributed by atoms with van der Waals surface area (Å²) in [6, 6.07) is 9.82. The second-order valence-electron chi connectivity index (χ2n) is 9.54. The van der Waals surface area contributed by atoms with Crippen molar-refractivity contribution in [3.63, 3.8) is 0 Å². The number of benzene rings is 1. The Bertz CT molecular complexity index is 831. The minimum Gasteiger partial charge on any atom is -0.340 e. The number of carbonyl (C=O) groups is 3. The molecule has 3 saturated heterocycles. The van der Waals surface area contributed by atoms with Gasteiger partial charge in [-0.15, -0.1) is 0 Å². The number of nitrogens with one attached hydrogen (secondary N) is 1. The summed E-state index contributed by atoms with van der Waals surface area (Å²) in [5, 5.41) is 3.05. The summed E-state index contributed by atoms with van der Waals surface area (Å²) in [6.45, 7) is 7.67. The van der Waals surface area contributed by atoms with Gasteiger partial charge in [-0.3, -0.25) is 19.4 Å². The van der Waals surface area contributed by atoms with E-state index >= 15 is 0 Å². The molecule has 3 heterocycles. The molecule has 0 aromatic heterocycles. The van der Waals surface area contributed by atoms with Crippen molar-refractivity contribution in [1.29, 1.82) is 0 Å². The maximum Gasteiger partial charge on any atom is 0.325 e. The van der Waals surface area contributed by atoms with Gasteiger partial charge in [-0.2, -0.15) is 0 Å². The first-order chi connectivity index (χ1) is 15.5. The van der Waals surface area contributed by atoms with E-state index in [2.05, 4.69) is 22.3 Å². The molecule has 4 amide bonds. The van der Waals surface area contributed by atoms with Gasteiger partial charge in [-0.25, -0.2) is 4.79 Å². The summed E-state index contributed by atoms with van der Waals surface area (Å²) in [5.74, 6) is 0.0940. The molecular weight excluding hydrogens is 404 g/mol. The van der Waals surface area contributed by atoms with Crippen LogP contribution in [-0.2, 0) is 16.1 Å². The van der Waals surface area contributed by atoms with Crippen LogP contribution in [0.15, 0.2) is 30.3 Å². The summed E-state index contributed by atoms with van der Waals surface area (Å²) in [4.78, 5) is 45.0. The molecule has 3 aliphatic rings. The lowest BCUT2D eigenvalue weighted by Gasteiger charge is -2.39. The fourth-order valence-corrected chi connectivity index (χ4v) is 5.51. The zero-order valence-electron chi connectivity index (χ0n) is 19.4. The maximum absolute atomic E-state index is 13.5. The Labute approximate surface area is 191 Å². The lowest BCUT2D eigenvalue weighted by Crippen LogP contribution is -2.56. The van der Waals surface area contributed by atoms with E-state index in [9.17, 15) is 14.4 Å². The Morgan fingerprint density at radius 2 is 1.78 bits per heavy atom. The van der Waals surface area contributed by atoms with Crippen molar-refractivity contribution in [3.05, 3.63) is 35.9 Å². The number of likely N-dealkylation sites (tertiary alicyclic amines) is 2. The van der Waals surface area contributed by atoms with Crippen molar-refractivity contribution in [1.82, 2.24) is 20.0 Å². The first-order valence-corrected chi connectivity index (χ1v) is 12.2. The van der Waals surface area contributed by atoms with Crippen LogP contribution in [0.2, 0.25) is 0 Å². The number of piperidine rings is 2. The van der Waals surface area contributed by atoms with Gasteiger partial charge in [0.05, 0.1) is 6.04 Å². The quantitative estimate of drug-likeness (QED) is 0.691. The standard InChI is InChI=1S/C25H36N4O3/c1-3-20(4-2)22(30)28-14-8-11-21(18-28)29-23(31)25(26-24(29)32)12-15-27(16-13-25)17-19-9-6-5-7-10-19/h5-7,9-10,20-21H,3-4,8,11-18H2,1-2H3,(H,26,32)/t21-/m0/s1. The van der Waals surface area contributed by atoms with Crippen LogP contribution in [0.1, 0.15) is 57.9 Å². The number of amides is 4. The molecule has 0 saturated carbocycles. The fourth-order valence-electron chi connectivity index (χ4n) is 5.51. The third-order valence-electron chi connectivity index (χ3n) is 7.56. The van der Waals surface area contributed by atoms with Crippen LogP contribution in [0, 0.1) is 5.92 Å². The van der Waals surface area contributed by atoms with Gasteiger partial charge in [0.1, 0.15) is 5.54 Å². The molecule has 7 nitrogen and oxygen atoms in total. The van der Waals surface area contributed by atoms with E-state index < -0.39 is 5.54 Å². The number of nitrogens with zero attached hydrogens (tertiary/aromatic N) is 3. The highest BCUT2D eigenvalue weighted by molar-refractivity contribution is 6.07. The van der Waals surface area contributed by atoms with Gasteiger partial charge in [-0.05, 0) is 44.1 Å². The molecule has 1 N–H and O–H groups in total. The first kappa shape index (κ1) is 22.8. The summed E-state index contributed by atoms with van der Waals surface area (Å²) in [7, 11) is 0. The molecule has 1 aromatic rings. The second kappa shape index (κ2) is 9.61. The second-order valence-corrected chi connectivity index (χ2v) is 9.54. The SMILES string of the molecule is CCC(CC)C(=O)N1CCC[C@H](N2C(=O)NC3(CCN(Cc4ccccc4)CC3)C2=O)C1. The fraction of sp³-hybridized carbons (Fsp3) is 0.640. The van der Waals surface area contributed by atoms with Crippen molar-refractivity contribution in [3.8, 4) is 0 Å². The molecule has 0 aliphatic carbocycles. The first-order valence-electron chi connectivity index (χ1n) is 12.2. The molecule has 32 heavy (non-hydrogen) atoms. The van der Waals surface area contributed by atoms with E-state index in [1.54, 1.807) is 0 Å². The number of carbonyl (C=O) groups excluding carboxylic acids is 3. The Kier molecular flexibility index (Phi) is 6.84. The minimum atomic E-state index is -0.786. The van der Waals surface area contributed by atoms with E-state index in [4.69, 9.17) is 0 Å². The highest BCUT2D eigenvalue weighted by atomic mass is 16.2.